The van der Waals surface area contributed by atoms with Crippen LogP contribution in [0, 0.1) is 6.92 Å². The lowest BCUT2D eigenvalue weighted by Gasteiger charge is -2.07. The summed E-state index contributed by atoms with van der Waals surface area (Å²) in [7, 11) is 0. The maximum Gasteiger partial charge on any atom is 0.164 e. The van der Waals surface area contributed by atoms with E-state index in [0.29, 0.717) is 6.42 Å². The number of hydrogen-bond donors (Lipinski definition) is 0. The topological polar surface area (TPSA) is 34.9 Å². The van der Waals surface area contributed by atoms with E-state index in [9.17, 15) is 4.79 Å². The summed E-state index contributed by atoms with van der Waals surface area (Å²) in [4.78, 5) is 16.0. The molecule has 0 fully saturated rings. The summed E-state index contributed by atoms with van der Waals surface area (Å²) in [5.74, 6) is 0.289. The summed E-state index contributed by atoms with van der Waals surface area (Å²) in [6.07, 6.45) is 10.5. The van der Waals surface area contributed by atoms with Crippen molar-refractivity contribution in [2.24, 2.45) is 0 Å². The van der Waals surface area contributed by atoms with Gasteiger partial charge in [0.2, 0.25) is 0 Å². The molecule has 0 saturated carbocycles. The molecular weight excluding hydrogens is 224 g/mol. The van der Waals surface area contributed by atoms with Gasteiger partial charge >= 0.3 is 0 Å². The standard InChI is InChI=1S/C15H16N2O/c1-11-5-12(7-16-6-11)8-17-9-13-3-2-4-15(18)14(13)10-17/h5-7,9-10H,2-4,8H2,1H3. The smallest absolute Gasteiger partial charge is 0.164 e. The second-order valence-electron chi connectivity index (χ2n) is 5.02. The van der Waals surface area contributed by atoms with Gasteiger partial charge in [0.15, 0.2) is 5.78 Å². The van der Waals surface area contributed by atoms with Crippen molar-refractivity contribution in [2.75, 3.05) is 0 Å². The van der Waals surface area contributed by atoms with Crippen LogP contribution in [0.15, 0.2) is 30.9 Å². The monoisotopic (exact) mass is 240 g/mol. The number of pyridine rings is 1. The average Bonchev–Trinajstić information content (AvgIpc) is 2.73. The SMILES string of the molecule is Cc1cncc(Cn2cc3c(c2)C(=O)CCC3)c1. The Labute approximate surface area is 106 Å². The number of aromatic nitrogens is 2. The molecule has 2 heterocycles. The molecule has 2 aromatic heterocycles. The van der Waals surface area contributed by atoms with Gasteiger partial charge in [0.05, 0.1) is 0 Å². The molecule has 0 bridgehead atoms. The molecule has 92 valence electrons. The van der Waals surface area contributed by atoms with E-state index in [1.54, 1.807) is 0 Å². The lowest BCUT2D eigenvalue weighted by atomic mass is 9.95. The van der Waals surface area contributed by atoms with Crippen LogP contribution in [0.2, 0.25) is 0 Å². The number of nitrogens with zero attached hydrogens (tertiary/aromatic N) is 2. The third-order valence-corrected chi connectivity index (χ3v) is 3.41. The normalized spacial score (nSPS) is 14.6. The molecule has 2 aromatic rings. The van der Waals surface area contributed by atoms with Gasteiger partial charge in [-0.25, -0.2) is 0 Å². The largest absolute Gasteiger partial charge is 0.349 e. The number of hydrogen-bond acceptors (Lipinski definition) is 2. The van der Waals surface area contributed by atoms with Crippen LogP contribution in [0.3, 0.4) is 0 Å². The van der Waals surface area contributed by atoms with Crippen LogP contribution in [0.5, 0.6) is 0 Å². The van der Waals surface area contributed by atoms with Crippen LogP contribution in [0.4, 0.5) is 0 Å². The molecule has 1 aliphatic carbocycles. The summed E-state index contributed by atoms with van der Waals surface area (Å²) >= 11 is 0. The molecule has 1 aliphatic rings. The van der Waals surface area contributed by atoms with Crippen molar-refractivity contribution >= 4 is 5.78 Å². The molecule has 0 spiro atoms. The van der Waals surface area contributed by atoms with Crippen LogP contribution < -0.4 is 0 Å². The molecule has 3 heteroatoms. The van der Waals surface area contributed by atoms with Gasteiger partial charge in [-0.1, -0.05) is 6.07 Å². The Balaban J connectivity index is 1.88. The van der Waals surface area contributed by atoms with Gasteiger partial charge in [-0.2, -0.15) is 0 Å². The van der Waals surface area contributed by atoms with Gasteiger partial charge in [-0.3, -0.25) is 9.78 Å². The highest BCUT2D eigenvalue weighted by Crippen LogP contribution is 2.22. The maximum absolute atomic E-state index is 11.8. The fraction of sp³-hybridized carbons (Fsp3) is 0.333. The molecule has 3 rings (SSSR count). The van der Waals surface area contributed by atoms with Crippen LogP contribution in [-0.2, 0) is 13.0 Å². The number of carbonyl (C=O) groups is 1. The molecule has 18 heavy (non-hydrogen) atoms. The first-order chi connectivity index (χ1) is 8.72. The Morgan fingerprint density at radius 3 is 2.94 bits per heavy atom. The van der Waals surface area contributed by atoms with E-state index in [-0.39, 0.29) is 5.78 Å². The van der Waals surface area contributed by atoms with E-state index in [4.69, 9.17) is 0 Å². The Kier molecular flexibility index (Phi) is 2.74. The number of aryl methyl sites for hydroxylation is 2. The second-order valence-corrected chi connectivity index (χ2v) is 5.02. The number of Topliss-reactive ketones (excluding diaryl/α,β-unsaturated/α-hetero) is 1. The Hall–Kier alpha value is -1.90. The first-order valence-electron chi connectivity index (χ1n) is 6.35. The van der Waals surface area contributed by atoms with E-state index in [1.165, 1.54) is 16.7 Å². The van der Waals surface area contributed by atoms with E-state index >= 15 is 0 Å². The van der Waals surface area contributed by atoms with E-state index < -0.39 is 0 Å². The van der Waals surface area contributed by atoms with E-state index in [2.05, 4.69) is 21.8 Å². The van der Waals surface area contributed by atoms with Gasteiger partial charge in [0.25, 0.3) is 0 Å². The average molecular weight is 240 g/mol. The van der Waals surface area contributed by atoms with Crippen molar-refractivity contribution in [3.05, 3.63) is 53.1 Å². The van der Waals surface area contributed by atoms with Crippen molar-refractivity contribution in [2.45, 2.75) is 32.7 Å². The van der Waals surface area contributed by atoms with E-state index in [1.807, 2.05) is 25.5 Å². The molecule has 0 saturated heterocycles. The Morgan fingerprint density at radius 1 is 1.28 bits per heavy atom. The quantitative estimate of drug-likeness (QED) is 0.809. The van der Waals surface area contributed by atoms with Gasteiger partial charge in [-0.05, 0) is 36.5 Å². The summed E-state index contributed by atoms with van der Waals surface area (Å²) in [6.45, 7) is 2.83. The maximum atomic E-state index is 11.8. The van der Waals surface area contributed by atoms with Crippen LogP contribution in [0.25, 0.3) is 0 Å². The Bertz CT molecular complexity index is 598. The van der Waals surface area contributed by atoms with Gasteiger partial charge in [-0.15, -0.1) is 0 Å². The number of ketones is 1. The molecule has 0 radical (unpaired) electrons. The minimum Gasteiger partial charge on any atom is -0.349 e. The fourth-order valence-corrected chi connectivity index (χ4v) is 2.59. The minimum absolute atomic E-state index is 0.289. The number of rotatable bonds is 2. The molecule has 0 unspecified atom stereocenters. The third kappa shape index (κ3) is 2.08. The predicted octanol–water partition coefficient (Wildman–Crippen LogP) is 2.76. The fourth-order valence-electron chi connectivity index (χ4n) is 2.59. The third-order valence-electron chi connectivity index (χ3n) is 3.41. The lowest BCUT2D eigenvalue weighted by molar-refractivity contribution is 0.0973. The Morgan fingerprint density at radius 2 is 2.17 bits per heavy atom. The predicted molar refractivity (Wildman–Crippen MR) is 69.8 cm³/mol. The first kappa shape index (κ1) is 11.2. The number of carbonyl (C=O) groups excluding carboxylic acids is 1. The highest BCUT2D eigenvalue weighted by molar-refractivity contribution is 5.98. The van der Waals surface area contributed by atoms with Crippen molar-refractivity contribution in [1.29, 1.82) is 0 Å². The van der Waals surface area contributed by atoms with Gasteiger partial charge in [0.1, 0.15) is 0 Å². The zero-order valence-corrected chi connectivity index (χ0v) is 10.5. The highest BCUT2D eigenvalue weighted by Gasteiger charge is 2.18. The molecule has 0 amide bonds. The van der Waals surface area contributed by atoms with Crippen molar-refractivity contribution < 1.29 is 4.79 Å². The molecular formula is C15H16N2O. The van der Waals surface area contributed by atoms with Crippen molar-refractivity contribution in [3.63, 3.8) is 0 Å². The summed E-state index contributed by atoms with van der Waals surface area (Å²) in [6, 6.07) is 2.13. The van der Waals surface area contributed by atoms with Crippen LogP contribution in [-0.4, -0.2) is 15.3 Å². The van der Waals surface area contributed by atoms with Crippen LogP contribution in [0.1, 0.15) is 39.9 Å². The second kappa shape index (κ2) is 4.41. The number of fused-ring (bicyclic) bond motifs is 1. The molecule has 0 atom stereocenters. The highest BCUT2D eigenvalue weighted by atomic mass is 16.1. The summed E-state index contributed by atoms with van der Waals surface area (Å²) in [5, 5.41) is 0. The molecule has 0 aromatic carbocycles. The van der Waals surface area contributed by atoms with Crippen molar-refractivity contribution in [1.82, 2.24) is 9.55 Å². The zero-order valence-electron chi connectivity index (χ0n) is 10.5. The zero-order chi connectivity index (χ0) is 12.5. The lowest BCUT2D eigenvalue weighted by Crippen LogP contribution is -2.07. The minimum atomic E-state index is 0.289. The molecule has 0 N–H and O–H groups in total. The van der Waals surface area contributed by atoms with Crippen LogP contribution >= 0.6 is 0 Å². The summed E-state index contributed by atoms with van der Waals surface area (Å²) in [5.41, 5.74) is 4.46. The first-order valence-corrected chi connectivity index (χ1v) is 6.35. The van der Waals surface area contributed by atoms with E-state index in [0.717, 1.165) is 24.9 Å². The van der Waals surface area contributed by atoms with Gasteiger partial charge in [0, 0.05) is 43.3 Å². The summed E-state index contributed by atoms with van der Waals surface area (Å²) < 4.78 is 2.10. The van der Waals surface area contributed by atoms with Gasteiger partial charge < -0.3 is 4.57 Å². The molecule has 3 nitrogen and oxygen atoms in total. The molecule has 0 aliphatic heterocycles. The van der Waals surface area contributed by atoms with Crippen molar-refractivity contribution in [3.8, 4) is 0 Å².